The number of imidazole rings is 1. The largest absolute Gasteiger partial charge is 0.481 e. The van der Waals surface area contributed by atoms with E-state index in [4.69, 9.17) is 21.3 Å². The highest BCUT2D eigenvalue weighted by molar-refractivity contribution is 6.33. The molecule has 0 radical (unpaired) electrons. The van der Waals surface area contributed by atoms with Gasteiger partial charge in [-0.2, -0.15) is 4.98 Å². The Morgan fingerprint density at radius 2 is 1.77 bits per heavy atom. The van der Waals surface area contributed by atoms with E-state index in [1.54, 1.807) is 13.8 Å². The maximum atomic E-state index is 12.3. The van der Waals surface area contributed by atoms with Gasteiger partial charge in [0.2, 0.25) is 5.91 Å². The van der Waals surface area contributed by atoms with Crippen LogP contribution in [0.3, 0.4) is 0 Å². The summed E-state index contributed by atoms with van der Waals surface area (Å²) in [5.74, 6) is -0.409. The third-order valence-corrected chi connectivity index (χ3v) is 8.76. The second kappa shape index (κ2) is 11.2. The SMILES string of the molecule is CC(C)C(=O)N1CC=C(c2ccc(-c3nc4nc(OC5CCC(C(C)(C)C(=O)O)CC5)[nH]c4cc3Cl)cc2)CC1. The second-order valence-corrected chi connectivity index (χ2v) is 12.3. The van der Waals surface area contributed by atoms with E-state index >= 15 is 0 Å². The summed E-state index contributed by atoms with van der Waals surface area (Å²) in [6, 6.07) is 10.4. The van der Waals surface area contributed by atoms with Crippen molar-refractivity contribution in [3.05, 3.63) is 47.0 Å². The number of aromatic nitrogens is 3. The molecule has 5 rings (SSSR count). The smallest absolute Gasteiger partial charge is 0.309 e. The van der Waals surface area contributed by atoms with Crippen LogP contribution in [0.25, 0.3) is 28.0 Å². The highest BCUT2D eigenvalue weighted by atomic mass is 35.5. The van der Waals surface area contributed by atoms with Crippen molar-refractivity contribution in [1.29, 1.82) is 0 Å². The second-order valence-electron chi connectivity index (χ2n) is 11.8. The number of benzene rings is 1. The van der Waals surface area contributed by atoms with E-state index in [1.807, 2.05) is 36.9 Å². The van der Waals surface area contributed by atoms with E-state index in [0.29, 0.717) is 34.4 Å². The van der Waals surface area contributed by atoms with E-state index in [-0.39, 0.29) is 23.8 Å². The molecule has 1 aromatic carbocycles. The molecule has 0 saturated heterocycles. The van der Waals surface area contributed by atoms with Crippen molar-refractivity contribution in [2.45, 2.75) is 65.9 Å². The number of rotatable bonds is 7. The number of pyridine rings is 1. The highest BCUT2D eigenvalue weighted by Gasteiger charge is 2.39. The van der Waals surface area contributed by atoms with E-state index in [2.05, 4.69) is 28.2 Å². The van der Waals surface area contributed by atoms with Crippen LogP contribution < -0.4 is 4.74 Å². The van der Waals surface area contributed by atoms with Gasteiger partial charge in [0.05, 0.1) is 21.6 Å². The molecule has 3 heterocycles. The van der Waals surface area contributed by atoms with E-state index in [1.165, 1.54) is 5.57 Å². The van der Waals surface area contributed by atoms with Gasteiger partial charge < -0.3 is 19.7 Å². The number of nitrogens with zero attached hydrogens (tertiary/aromatic N) is 3. The van der Waals surface area contributed by atoms with Crippen LogP contribution in [-0.4, -0.2) is 56.0 Å². The maximum Gasteiger partial charge on any atom is 0.309 e. The number of aliphatic carboxylic acids is 1. The molecule has 2 N–H and O–H groups in total. The van der Waals surface area contributed by atoms with Crippen molar-refractivity contribution < 1.29 is 19.4 Å². The molecule has 2 aliphatic rings. The van der Waals surface area contributed by atoms with Gasteiger partial charge in [-0.05, 0) is 69.1 Å². The zero-order valence-electron chi connectivity index (χ0n) is 23.5. The Labute approximate surface area is 239 Å². The fourth-order valence-electron chi connectivity index (χ4n) is 5.73. The van der Waals surface area contributed by atoms with Crippen LogP contribution in [0.15, 0.2) is 36.4 Å². The minimum atomic E-state index is -0.750. The van der Waals surface area contributed by atoms with Crippen molar-refractivity contribution in [2.75, 3.05) is 13.1 Å². The molecule has 9 heteroatoms. The van der Waals surface area contributed by atoms with E-state index in [0.717, 1.165) is 49.8 Å². The summed E-state index contributed by atoms with van der Waals surface area (Å²) in [6.07, 6.45) is 6.13. The molecule has 40 heavy (non-hydrogen) atoms. The summed E-state index contributed by atoms with van der Waals surface area (Å²) in [6.45, 7) is 8.86. The number of hydrogen-bond donors (Lipinski definition) is 2. The first kappa shape index (κ1) is 28.1. The fraction of sp³-hybridized carbons (Fsp3) is 0.484. The number of aromatic amines is 1. The van der Waals surface area contributed by atoms with Crippen LogP contribution >= 0.6 is 11.6 Å². The molecule has 212 valence electrons. The number of fused-ring (bicyclic) bond motifs is 1. The number of hydrogen-bond acceptors (Lipinski definition) is 5. The third-order valence-electron chi connectivity index (χ3n) is 8.47. The first-order valence-electron chi connectivity index (χ1n) is 14.1. The van der Waals surface area contributed by atoms with Gasteiger partial charge in [-0.15, -0.1) is 0 Å². The van der Waals surface area contributed by atoms with Crippen LogP contribution in [0.4, 0.5) is 0 Å². The Balaban J connectivity index is 1.26. The number of amides is 1. The van der Waals surface area contributed by atoms with Gasteiger partial charge in [0, 0.05) is 24.6 Å². The Bertz CT molecular complexity index is 1440. The molecular weight excluding hydrogens is 528 g/mol. The van der Waals surface area contributed by atoms with Crippen LogP contribution in [0.1, 0.15) is 65.4 Å². The molecule has 0 unspecified atom stereocenters. The number of carbonyl (C=O) groups excluding carboxylic acids is 1. The number of halogens is 1. The molecule has 1 amide bonds. The monoisotopic (exact) mass is 564 g/mol. The Hall–Kier alpha value is -3.39. The quantitative estimate of drug-likeness (QED) is 0.335. The average Bonchev–Trinajstić information content (AvgIpc) is 3.33. The van der Waals surface area contributed by atoms with Crippen molar-refractivity contribution in [3.63, 3.8) is 0 Å². The third kappa shape index (κ3) is 5.73. The predicted octanol–water partition coefficient (Wildman–Crippen LogP) is 6.60. The number of carboxylic acid groups (broad SMARTS) is 1. The lowest BCUT2D eigenvalue weighted by atomic mass is 9.70. The standard InChI is InChI=1S/C31H37ClN4O4/c1-18(2)28(37)36-15-13-20(14-16-36)19-5-7-21(8-6-19)26-24(32)17-25-27(34-26)35-30(33-25)40-23-11-9-22(10-12-23)31(3,4)29(38)39/h5-8,13,17-18,22-23H,9-12,14-16H2,1-4H3,(H,38,39)(H,33,34,35). The minimum absolute atomic E-state index is 0.0130. The maximum absolute atomic E-state index is 12.3. The molecule has 1 saturated carbocycles. The van der Waals surface area contributed by atoms with Crippen molar-refractivity contribution >= 4 is 40.2 Å². The van der Waals surface area contributed by atoms with Gasteiger partial charge in [0.15, 0.2) is 5.65 Å². The van der Waals surface area contributed by atoms with Crippen LogP contribution in [0.5, 0.6) is 6.01 Å². The Morgan fingerprint density at radius 1 is 1.10 bits per heavy atom. The Morgan fingerprint density at radius 3 is 2.38 bits per heavy atom. The zero-order valence-corrected chi connectivity index (χ0v) is 24.3. The number of carbonyl (C=O) groups is 2. The molecule has 1 fully saturated rings. The number of H-pyrrole nitrogens is 1. The summed E-state index contributed by atoms with van der Waals surface area (Å²) < 4.78 is 6.14. The predicted molar refractivity (Wildman–Crippen MR) is 156 cm³/mol. The molecule has 0 atom stereocenters. The summed E-state index contributed by atoms with van der Waals surface area (Å²) in [5.41, 5.74) is 4.42. The summed E-state index contributed by atoms with van der Waals surface area (Å²) in [7, 11) is 0. The minimum Gasteiger partial charge on any atom is -0.481 e. The van der Waals surface area contributed by atoms with Crippen LogP contribution in [0, 0.1) is 17.3 Å². The van der Waals surface area contributed by atoms with Crippen LogP contribution in [0.2, 0.25) is 5.02 Å². The van der Waals surface area contributed by atoms with Crippen molar-refractivity contribution in [1.82, 2.24) is 19.9 Å². The molecule has 3 aromatic rings. The normalized spacial score (nSPS) is 20.1. The topological polar surface area (TPSA) is 108 Å². The molecule has 0 bridgehead atoms. The lowest BCUT2D eigenvalue weighted by molar-refractivity contribution is -0.151. The first-order valence-corrected chi connectivity index (χ1v) is 14.5. The molecule has 0 spiro atoms. The van der Waals surface area contributed by atoms with Gasteiger partial charge in [-0.25, -0.2) is 4.98 Å². The average molecular weight is 565 g/mol. The van der Waals surface area contributed by atoms with Gasteiger partial charge in [0.1, 0.15) is 6.10 Å². The molecule has 2 aromatic heterocycles. The molecule has 8 nitrogen and oxygen atoms in total. The lowest BCUT2D eigenvalue weighted by Gasteiger charge is -2.36. The van der Waals surface area contributed by atoms with Gasteiger partial charge >= 0.3 is 5.97 Å². The van der Waals surface area contributed by atoms with Gasteiger partial charge in [-0.3, -0.25) is 9.59 Å². The first-order chi connectivity index (χ1) is 19.0. The van der Waals surface area contributed by atoms with Gasteiger partial charge in [-0.1, -0.05) is 55.8 Å². The summed E-state index contributed by atoms with van der Waals surface area (Å²) in [5, 5.41) is 10.1. The van der Waals surface area contributed by atoms with Crippen molar-refractivity contribution in [3.8, 4) is 17.3 Å². The van der Waals surface area contributed by atoms with E-state index < -0.39 is 11.4 Å². The number of ether oxygens (including phenoxy) is 1. The summed E-state index contributed by atoms with van der Waals surface area (Å²) >= 11 is 6.63. The molecule has 1 aliphatic carbocycles. The zero-order chi connectivity index (χ0) is 28.6. The molecule has 1 aliphatic heterocycles. The highest BCUT2D eigenvalue weighted by Crippen LogP contribution is 2.39. The van der Waals surface area contributed by atoms with E-state index in [9.17, 15) is 14.7 Å². The lowest BCUT2D eigenvalue weighted by Crippen LogP contribution is -2.37. The Kier molecular flexibility index (Phi) is 7.91. The van der Waals surface area contributed by atoms with Crippen molar-refractivity contribution in [2.24, 2.45) is 17.3 Å². The number of nitrogens with one attached hydrogen (secondary N) is 1. The fourth-order valence-corrected chi connectivity index (χ4v) is 5.99. The van der Waals surface area contributed by atoms with Gasteiger partial charge in [0.25, 0.3) is 6.01 Å². The van der Waals surface area contributed by atoms with Crippen LogP contribution in [-0.2, 0) is 9.59 Å². The summed E-state index contributed by atoms with van der Waals surface area (Å²) in [4.78, 5) is 38.3. The molecular formula is C31H37ClN4O4. The number of carboxylic acids is 1.